The molecule has 0 radical (unpaired) electrons. The molecule has 8 heteroatoms. The van der Waals surface area contributed by atoms with Gasteiger partial charge in [0.05, 0.1) is 13.2 Å². The predicted octanol–water partition coefficient (Wildman–Crippen LogP) is 7.99. The molecule has 5 nitrogen and oxygen atoms in total. The minimum Gasteiger partial charge on any atom is -0.324 e. The van der Waals surface area contributed by atoms with Crippen molar-refractivity contribution in [2.75, 3.05) is 18.5 Å². The van der Waals surface area contributed by atoms with Crippen LogP contribution in [0.3, 0.4) is 0 Å². The van der Waals surface area contributed by atoms with Crippen LogP contribution in [-0.4, -0.2) is 19.1 Å². The number of benzene rings is 3. The maximum atomic E-state index is 14.3. The molecule has 4 aromatic rings. The molecule has 0 aliphatic heterocycles. The van der Waals surface area contributed by atoms with E-state index in [2.05, 4.69) is 11.9 Å². The van der Waals surface area contributed by atoms with E-state index in [1.807, 2.05) is 48.5 Å². The molecule has 34 heavy (non-hydrogen) atoms. The average molecular weight is 514 g/mol. The fraction of sp³-hybridized carbons (Fsp3) is 0.192. The lowest BCUT2D eigenvalue weighted by Gasteiger charge is -2.35. The minimum atomic E-state index is -4.08. The highest BCUT2D eigenvalue weighted by atomic mass is 35.5. The van der Waals surface area contributed by atoms with Gasteiger partial charge in [-0.15, -0.1) is 17.9 Å². The molecule has 1 aromatic heterocycles. The number of carbonyl (C=O) groups excluding carboxylic acids is 1. The van der Waals surface area contributed by atoms with Gasteiger partial charge in [-0.2, -0.15) is 0 Å². The standard InChI is InChI=1S/C26H25ClNO4PS/c1-4-26(33(30,31-5-2)32-6-3,23-17-34-24-14-12-20(27)16-22(23)24)25(29)28-21-13-11-18-9-7-8-10-19(18)15-21/h4,7-17H,1,5-6H2,2-3H3,(H,28,29). The molecule has 0 fully saturated rings. The van der Waals surface area contributed by atoms with Crippen molar-refractivity contribution in [2.24, 2.45) is 0 Å². The van der Waals surface area contributed by atoms with Crippen LogP contribution in [0.1, 0.15) is 19.4 Å². The second-order valence-electron chi connectivity index (χ2n) is 7.61. The maximum Gasteiger partial charge on any atom is 0.354 e. The van der Waals surface area contributed by atoms with E-state index < -0.39 is 18.7 Å². The third-order valence-electron chi connectivity index (χ3n) is 5.63. The first-order valence-corrected chi connectivity index (χ1v) is 13.7. The lowest BCUT2D eigenvalue weighted by molar-refractivity contribution is -0.118. The molecule has 0 aliphatic carbocycles. The van der Waals surface area contributed by atoms with Crippen LogP contribution in [0.25, 0.3) is 20.9 Å². The van der Waals surface area contributed by atoms with E-state index in [0.717, 1.165) is 15.5 Å². The van der Waals surface area contributed by atoms with Gasteiger partial charge in [0.25, 0.3) is 5.91 Å². The summed E-state index contributed by atoms with van der Waals surface area (Å²) in [6.07, 6.45) is 1.37. The smallest absolute Gasteiger partial charge is 0.324 e. The molecule has 0 spiro atoms. The zero-order valence-corrected chi connectivity index (χ0v) is 21.4. The largest absolute Gasteiger partial charge is 0.354 e. The van der Waals surface area contributed by atoms with Crippen molar-refractivity contribution < 1.29 is 18.4 Å². The topological polar surface area (TPSA) is 64.6 Å². The number of carbonyl (C=O) groups is 1. The van der Waals surface area contributed by atoms with Crippen LogP contribution < -0.4 is 5.32 Å². The number of halogens is 1. The van der Waals surface area contributed by atoms with Crippen LogP contribution >= 0.6 is 30.5 Å². The van der Waals surface area contributed by atoms with Gasteiger partial charge in [-0.25, -0.2) is 0 Å². The molecule has 0 aliphatic rings. The van der Waals surface area contributed by atoms with Crippen molar-refractivity contribution in [3.8, 4) is 0 Å². The lowest BCUT2D eigenvalue weighted by atomic mass is 9.96. The molecule has 1 heterocycles. The molecule has 0 saturated heterocycles. The summed E-state index contributed by atoms with van der Waals surface area (Å²) in [7, 11) is -4.08. The van der Waals surface area contributed by atoms with E-state index in [0.29, 0.717) is 21.7 Å². The number of thiophene rings is 1. The normalized spacial score (nSPS) is 13.6. The molecule has 4 rings (SSSR count). The Morgan fingerprint density at radius 1 is 1.09 bits per heavy atom. The fourth-order valence-corrected chi connectivity index (χ4v) is 7.51. The van der Waals surface area contributed by atoms with Crippen molar-refractivity contribution in [1.29, 1.82) is 0 Å². The molecule has 1 amide bonds. The molecule has 0 saturated carbocycles. The quantitative estimate of drug-likeness (QED) is 0.182. The van der Waals surface area contributed by atoms with Crippen molar-refractivity contribution in [2.45, 2.75) is 19.0 Å². The van der Waals surface area contributed by atoms with Crippen molar-refractivity contribution in [3.05, 3.63) is 89.3 Å². The second-order valence-corrected chi connectivity index (χ2v) is 11.2. The Balaban J connectivity index is 1.91. The molecule has 0 bridgehead atoms. The first kappa shape index (κ1) is 24.6. The van der Waals surface area contributed by atoms with E-state index in [1.165, 1.54) is 17.4 Å². The van der Waals surface area contributed by atoms with Crippen LogP contribution in [0.15, 0.2) is 78.7 Å². The number of hydrogen-bond acceptors (Lipinski definition) is 5. The average Bonchev–Trinajstić information content (AvgIpc) is 3.23. The van der Waals surface area contributed by atoms with Crippen LogP contribution in [0.5, 0.6) is 0 Å². The first-order valence-electron chi connectivity index (χ1n) is 10.9. The Labute approximate surface area is 207 Å². The zero-order valence-electron chi connectivity index (χ0n) is 18.9. The SMILES string of the molecule is C=CC(C(=O)Nc1ccc2ccccc2c1)(c1csc2ccc(Cl)cc12)P(=O)(OCC)OCC. The van der Waals surface area contributed by atoms with Crippen LogP contribution in [0.4, 0.5) is 5.69 Å². The lowest BCUT2D eigenvalue weighted by Crippen LogP contribution is -2.39. The number of hydrogen-bond donors (Lipinski definition) is 1. The van der Waals surface area contributed by atoms with Crippen molar-refractivity contribution >= 4 is 63.0 Å². The third kappa shape index (κ3) is 4.21. The highest BCUT2D eigenvalue weighted by Crippen LogP contribution is 2.67. The van der Waals surface area contributed by atoms with Crippen molar-refractivity contribution in [1.82, 2.24) is 0 Å². The highest BCUT2D eigenvalue weighted by Gasteiger charge is 2.57. The van der Waals surface area contributed by atoms with Gasteiger partial charge in [0.1, 0.15) is 0 Å². The third-order valence-corrected chi connectivity index (χ3v) is 9.51. The van der Waals surface area contributed by atoms with E-state index >= 15 is 0 Å². The second kappa shape index (κ2) is 10.0. The van der Waals surface area contributed by atoms with Crippen LogP contribution in [0, 0.1) is 0 Å². The Hall–Kier alpha value is -2.47. The Bertz CT molecular complexity index is 1410. The summed E-state index contributed by atoms with van der Waals surface area (Å²) in [5.74, 6) is -0.553. The summed E-state index contributed by atoms with van der Waals surface area (Å²) < 4.78 is 26.7. The zero-order chi connectivity index (χ0) is 24.3. The van der Waals surface area contributed by atoms with Gasteiger partial charge in [-0.1, -0.05) is 48.0 Å². The van der Waals surface area contributed by atoms with E-state index in [1.54, 1.807) is 31.4 Å². The van der Waals surface area contributed by atoms with Gasteiger partial charge in [0.2, 0.25) is 0 Å². The molecule has 176 valence electrons. The number of amides is 1. The molecule has 1 unspecified atom stereocenters. The van der Waals surface area contributed by atoms with E-state index in [-0.39, 0.29) is 13.2 Å². The van der Waals surface area contributed by atoms with Crippen molar-refractivity contribution in [3.63, 3.8) is 0 Å². The predicted molar refractivity (Wildman–Crippen MR) is 142 cm³/mol. The number of anilines is 1. The van der Waals surface area contributed by atoms with E-state index in [9.17, 15) is 9.36 Å². The maximum absolute atomic E-state index is 14.3. The highest BCUT2D eigenvalue weighted by molar-refractivity contribution is 7.56. The molecule has 1 N–H and O–H groups in total. The van der Waals surface area contributed by atoms with E-state index in [4.69, 9.17) is 20.6 Å². The summed E-state index contributed by atoms with van der Waals surface area (Å²) in [6.45, 7) is 7.56. The minimum absolute atomic E-state index is 0.0962. The Morgan fingerprint density at radius 3 is 2.47 bits per heavy atom. The summed E-state index contributed by atoms with van der Waals surface area (Å²) in [6, 6.07) is 18.8. The fourth-order valence-electron chi connectivity index (χ4n) is 4.08. The molecule has 3 aromatic carbocycles. The van der Waals surface area contributed by atoms with Gasteiger partial charge < -0.3 is 14.4 Å². The van der Waals surface area contributed by atoms with Gasteiger partial charge in [0.15, 0.2) is 5.16 Å². The summed E-state index contributed by atoms with van der Waals surface area (Å²) in [5.41, 5.74) is 1.04. The Morgan fingerprint density at radius 2 is 1.79 bits per heavy atom. The molecular weight excluding hydrogens is 489 g/mol. The molecular formula is C26H25ClNO4PS. The van der Waals surface area contributed by atoms with Crippen LogP contribution in [0.2, 0.25) is 5.02 Å². The number of nitrogens with one attached hydrogen (secondary N) is 1. The Kier molecular flexibility index (Phi) is 7.27. The van der Waals surface area contributed by atoms with Gasteiger partial charge in [-0.05, 0) is 65.7 Å². The summed E-state index contributed by atoms with van der Waals surface area (Å²) in [4.78, 5) is 14.1. The van der Waals surface area contributed by atoms with Gasteiger partial charge in [-0.3, -0.25) is 9.36 Å². The first-order chi connectivity index (χ1) is 16.4. The van der Waals surface area contributed by atoms with Gasteiger partial charge in [0, 0.05) is 21.0 Å². The monoisotopic (exact) mass is 513 g/mol. The number of rotatable bonds is 9. The van der Waals surface area contributed by atoms with Gasteiger partial charge >= 0.3 is 7.60 Å². The number of fused-ring (bicyclic) bond motifs is 2. The molecule has 1 atom stereocenters. The summed E-state index contributed by atoms with van der Waals surface area (Å²) >= 11 is 7.71. The summed E-state index contributed by atoms with van der Waals surface area (Å²) in [5, 5.41) is 6.16. The van der Waals surface area contributed by atoms with Crippen LogP contribution in [-0.2, 0) is 23.6 Å².